The molecule has 0 unspecified atom stereocenters. The lowest BCUT2D eigenvalue weighted by Crippen LogP contribution is -2.23. The summed E-state index contributed by atoms with van der Waals surface area (Å²) in [5.74, 6) is 0.211. The summed E-state index contributed by atoms with van der Waals surface area (Å²) >= 11 is 1.43. The quantitative estimate of drug-likeness (QED) is 0.421. The molecule has 8 nitrogen and oxygen atoms in total. The topological polar surface area (TPSA) is 114 Å². The van der Waals surface area contributed by atoms with Gasteiger partial charge in [-0.05, 0) is 42.5 Å². The molecule has 0 spiro atoms. The Morgan fingerprint density at radius 1 is 1.13 bits per heavy atom. The van der Waals surface area contributed by atoms with Crippen LogP contribution in [0.5, 0.6) is 0 Å². The molecular formula is C21H18N4O4S2. The van der Waals surface area contributed by atoms with Gasteiger partial charge in [-0.1, -0.05) is 6.07 Å². The Hall–Kier alpha value is -3.34. The molecule has 4 rings (SSSR count). The first-order valence-electron chi connectivity index (χ1n) is 9.26. The number of rotatable bonds is 8. The largest absolute Gasteiger partial charge is 0.468 e. The number of benzene rings is 1. The second kappa shape index (κ2) is 9.21. The number of nitrogens with one attached hydrogen (secondary N) is 2. The number of amides is 1. The zero-order valence-electron chi connectivity index (χ0n) is 16.2. The van der Waals surface area contributed by atoms with Gasteiger partial charge in [-0.25, -0.2) is 18.1 Å². The van der Waals surface area contributed by atoms with Crippen molar-refractivity contribution < 1.29 is 17.6 Å². The van der Waals surface area contributed by atoms with E-state index in [4.69, 9.17) is 4.42 Å². The van der Waals surface area contributed by atoms with E-state index in [2.05, 4.69) is 20.0 Å². The minimum Gasteiger partial charge on any atom is -0.468 e. The van der Waals surface area contributed by atoms with Gasteiger partial charge in [-0.2, -0.15) is 0 Å². The molecule has 0 aliphatic rings. The second-order valence-electron chi connectivity index (χ2n) is 6.54. The predicted molar refractivity (Wildman–Crippen MR) is 117 cm³/mol. The SMILES string of the molecule is O=C(Cc1csc(-c2cccnc2)n1)Nc1cccc(S(=O)(=O)NCc2ccco2)c1. The molecule has 1 amide bonds. The van der Waals surface area contributed by atoms with Crippen LogP contribution in [-0.4, -0.2) is 24.3 Å². The van der Waals surface area contributed by atoms with Crippen molar-refractivity contribution in [1.82, 2.24) is 14.7 Å². The Bertz CT molecular complexity index is 1270. The van der Waals surface area contributed by atoms with Gasteiger partial charge in [-0.3, -0.25) is 9.78 Å². The van der Waals surface area contributed by atoms with Gasteiger partial charge >= 0.3 is 0 Å². The van der Waals surface area contributed by atoms with Crippen LogP contribution in [0.15, 0.2) is 81.9 Å². The summed E-state index contributed by atoms with van der Waals surface area (Å²) < 4.78 is 32.6. The molecule has 1 aromatic carbocycles. The minimum atomic E-state index is -3.76. The van der Waals surface area contributed by atoms with Gasteiger partial charge in [0.15, 0.2) is 0 Å². The van der Waals surface area contributed by atoms with E-state index in [0.717, 1.165) is 10.6 Å². The fourth-order valence-electron chi connectivity index (χ4n) is 2.78. The fraction of sp³-hybridized carbons (Fsp3) is 0.0952. The number of carbonyl (C=O) groups excluding carboxylic acids is 1. The van der Waals surface area contributed by atoms with Crippen molar-refractivity contribution in [3.8, 4) is 10.6 Å². The van der Waals surface area contributed by atoms with Crippen molar-refractivity contribution in [2.75, 3.05) is 5.32 Å². The monoisotopic (exact) mass is 454 g/mol. The summed E-state index contributed by atoms with van der Waals surface area (Å²) in [6, 6.07) is 13.2. The van der Waals surface area contributed by atoms with Crippen LogP contribution < -0.4 is 10.0 Å². The summed E-state index contributed by atoms with van der Waals surface area (Å²) in [7, 11) is -3.76. The molecule has 0 fully saturated rings. The maximum atomic E-state index is 12.5. The third-order valence-electron chi connectivity index (χ3n) is 4.25. The number of aromatic nitrogens is 2. The lowest BCUT2D eigenvalue weighted by atomic mass is 10.2. The normalized spacial score (nSPS) is 11.4. The summed E-state index contributed by atoms with van der Waals surface area (Å²) in [6.07, 6.45) is 4.95. The number of hydrogen-bond donors (Lipinski definition) is 2. The average Bonchev–Trinajstić information content (AvgIpc) is 3.45. The van der Waals surface area contributed by atoms with E-state index in [0.29, 0.717) is 17.1 Å². The highest BCUT2D eigenvalue weighted by molar-refractivity contribution is 7.89. The number of sulfonamides is 1. The second-order valence-corrected chi connectivity index (χ2v) is 9.17. The van der Waals surface area contributed by atoms with Crippen LogP contribution in [0.25, 0.3) is 10.6 Å². The molecule has 0 aliphatic heterocycles. The highest BCUT2D eigenvalue weighted by Gasteiger charge is 2.16. The Morgan fingerprint density at radius 2 is 2.03 bits per heavy atom. The third-order valence-corrected chi connectivity index (χ3v) is 6.59. The van der Waals surface area contributed by atoms with Gasteiger partial charge in [0.05, 0.1) is 29.8 Å². The molecular weight excluding hydrogens is 436 g/mol. The molecule has 0 radical (unpaired) electrons. The van der Waals surface area contributed by atoms with Crippen LogP contribution in [0.3, 0.4) is 0 Å². The first-order valence-corrected chi connectivity index (χ1v) is 11.6. The highest BCUT2D eigenvalue weighted by atomic mass is 32.2. The van der Waals surface area contributed by atoms with Gasteiger partial charge in [0.25, 0.3) is 0 Å². The Kier molecular flexibility index (Phi) is 6.21. The van der Waals surface area contributed by atoms with Gasteiger partial charge in [0.1, 0.15) is 10.8 Å². The molecule has 0 atom stereocenters. The fourth-order valence-corrected chi connectivity index (χ4v) is 4.63. The zero-order chi connectivity index (χ0) is 21.7. The molecule has 4 aromatic rings. The van der Waals surface area contributed by atoms with E-state index >= 15 is 0 Å². The Labute approximate surface area is 183 Å². The summed E-state index contributed by atoms with van der Waals surface area (Å²) in [4.78, 5) is 21.0. The number of pyridine rings is 1. The number of furan rings is 1. The number of hydrogen-bond acceptors (Lipinski definition) is 7. The van der Waals surface area contributed by atoms with E-state index < -0.39 is 10.0 Å². The first-order chi connectivity index (χ1) is 15.0. The molecule has 31 heavy (non-hydrogen) atoms. The van der Waals surface area contributed by atoms with Gasteiger partial charge in [0, 0.05) is 29.0 Å². The van der Waals surface area contributed by atoms with Crippen molar-refractivity contribution >= 4 is 33.0 Å². The van der Waals surface area contributed by atoms with Crippen LogP contribution in [0.2, 0.25) is 0 Å². The maximum Gasteiger partial charge on any atom is 0.241 e. The number of carbonyl (C=O) groups is 1. The van der Waals surface area contributed by atoms with Gasteiger partial charge in [-0.15, -0.1) is 11.3 Å². The number of anilines is 1. The van der Waals surface area contributed by atoms with Crippen LogP contribution in [0.4, 0.5) is 5.69 Å². The van der Waals surface area contributed by atoms with Gasteiger partial charge < -0.3 is 9.73 Å². The van der Waals surface area contributed by atoms with E-state index in [9.17, 15) is 13.2 Å². The lowest BCUT2D eigenvalue weighted by Gasteiger charge is -2.08. The van der Waals surface area contributed by atoms with Crippen molar-refractivity contribution in [2.24, 2.45) is 0 Å². The standard InChI is InChI=1S/C21H18N4O4S2/c26-20(11-17-14-30-21(25-17)15-4-2-8-22-12-15)24-16-5-1-7-19(10-16)31(27,28)23-13-18-6-3-9-29-18/h1-10,12,14,23H,11,13H2,(H,24,26). The Balaban J connectivity index is 1.39. The minimum absolute atomic E-state index is 0.0367. The molecule has 10 heteroatoms. The van der Waals surface area contributed by atoms with Gasteiger partial charge in [0.2, 0.25) is 15.9 Å². The van der Waals surface area contributed by atoms with Crippen LogP contribution >= 0.6 is 11.3 Å². The molecule has 0 bridgehead atoms. The average molecular weight is 455 g/mol. The Morgan fingerprint density at radius 3 is 2.81 bits per heavy atom. The number of thiazole rings is 1. The van der Waals surface area contributed by atoms with E-state index in [1.54, 1.807) is 36.7 Å². The molecule has 0 saturated carbocycles. The van der Waals surface area contributed by atoms with E-state index in [1.807, 2.05) is 17.5 Å². The van der Waals surface area contributed by atoms with Crippen molar-refractivity contribution in [3.63, 3.8) is 0 Å². The van der Waals surface area contributed by atoms with Crippen molar-refractivity contribution in [3.05, 3.63) is 84.0 Å². The molecule has 0 aliphatic carbocycles. The lowest BCUT2D eigenvalue weighted by molar-refractivity contribution is -0.115. The summed E-state index contributed by atoms with van der Waals surface area (Å²) in [5.41, 5.74) is 1.90. The van der Waals surface area contributed by atoms with Crippen LogP contribution in [0, 0.1) is 0 Å². The van der Waals surface area contributed by atoms with Crippen LogP contribution in [-0.2, 0) is 27.8 Å². The predicted octanol–water partition coefficient (Wildman–Crippen LogP) is 3.46. The van der Waals surface area contributed by atoms with E-state index in [1.165, 1.54) is 29.7 Å². The summed E-state index contributed by atoms with van der Waals surface area (Å²) in [6.45, 7) is 0.0367. The zero-order valence-corrected chi connectivity index (χ0v) is 17.8. The molecule has 3 heterocycles. The maximum absolute atomic E-state index is 12.5. The molecule has 2 N–H and O–H groups in total. The van der Waals surface area contributed by atoms with Crippen molar-refractivity contribution in [1.29, 1.82) is 0 Å². The first kappa shape index (κ1) is 20.9. The molecule has 3 aromatic heterocycles. The smallest absolute Gasteiger partial charge is 0.241 e. The van der Waals surface area contributed by atoms with Crippen molar-refractivity contribution in [2.45, 2.75) is 17.9 Å². The molecule has 0 saturated heterocycles. The summed E-state index contributed by atoms with van der Waals surface area (Å²) in [5, 5.41) is 5.33. The third kappa shape index (κ3) is 5.43. The van der Waals surface area contributed by atoms with Crippen LogP contribution in [0.1, 0.15) is 11.5 Å². The molecule has 158 valence electrons. The highest BCUT2D eigenvalue weighted by Crippen LogP contribution is 2.23. The number of nitrogens with zero attached hydrogens (tertiary/aromatic N) is 2. The van der Waals surface area contributed by atoms with E-state index in [-0.39, 0.29) is 23.8 Å².